The van der Waals surface area contributed by atoms with Gasteiger partial charge in [-0.3, -0.25) is 9.59 Å². The van der Waals surface area contributed by atoms with E-state index in [-0.39, 0.29) is 11.8 Å². The zero-order valence-corrected chi connectivity index (χ0v) is 12.2. The molecule has 0 spiro atoms. The van der Waals surface area contributed by atoms with Gasteiger partial charge in [0.15, 0.2) is 0 Å². The summed E-state index contributed by atoms with van der Waals surface area (Å²) < 4.78 is 0. The summed E-state index contributed by atoms with van der Waals surface area (Å²) >= 11 is 0. The van der Waals surface area contributed by atoms with E-state index in [1.165, 1.54) is 0 Å². The molecular formula is C16H22N2O2. The van der Waals surface area contributed by atoms with E-state index in [2.05, 4.69) is 12.2 Å². The lowest BCUT2D eigenvalue weighted by Gasteiger charge is -2.25. The summed E-state index contributed by atoms with van der Waals surface area (Å²) in [6.45, 7) is 4.79. The van der Waals surface area contributed by atoms with Crippen LogP contribution in [0.4, 0.5) is 5.69 Å². The Kier molecular flexibility index (Phi) is 4.77. The molecule has 1 aliphatic rings. The molecule has 0 bridgehead atoms. The number of benzene rings is 1. The largest absolute Gasteiger partial charge is 0.340 e. The number of hydrogen-bond donors (Lipinski definition) is 1. The number of fused-ring (bicyclic) bond motifs is 1. The first-order chi connectivity index (χ1) is 9.69. The first kappa shape index (κ1) is 14.6. The molecule has 1 heterocycles. The molecule has 4 heteroatoms. The van der Waals surface area contributed by atoms with Crippen LogP contribution >= 0.6 is 0 Å². The lowest BCUT2D eigenvalue weighted by molar-refractivity contribution is -0.120. The molecule has 0 saturated heterocycles. The fourth-order valence-electron chi connectivity index (χ4n) is 2.54. The Morgan fingerprint density at radius 2 is 1.90 bits per heavy atom. The number of nitrogens with one attached hydrogen (secondary N) is 1. The van der Waals surface area contributed by atoms with E-state index in [0.717, 1.165) is 24.9 Å². The standard InChI is InChI=1S/C16H22N2O2/c1-3-5-11-18-14-10-7-6-9-12(14)15(19)17-13(8-4-2)16(18)20/h6-7,9-10,13H,3-5,8,11H2,1-2H3,(H,17,19). The normalized spacial score (nSPS) is 18.5. The van der Waals surface area contributed by atoms with Crippen molar-refractivity contribution in [3.05, 3.63) is 29.8 Å². The summed E-state index contributed by atoms with van der Waals surface area (Å²) in [7, 11) is 0. The molecule has 0 aromatic heterocycles. The minimum Gasteiger partial charge on any atom is -0.340 e. The molecule has 0 radical (unpaired) electrons. The van der Waals surface area contributed by atoms with Gasteiger partial charge in [-0.2, -0.15) is 0 Å². The van der Waals surface area contributed by atoms with Crippen LogP contribution in [0.25, 0.3) is 0 Å². The molecule has 1 N–H and O–H groups in total. The summed E-state index contributed by atoms with van der Waals surface area (Å²) in [4.78, 5) is 26.7. The first-order valence-electron chi connectivity index (χ1n) is 7.40. The number of anilines is 1. The van der Waals surface area contributed by atoms with Gasteiger partial charge in [0.25, 0.3) is 5.91 Å². The fourth-order valence-corrected chi connectivity index (χ4v) is 2.54. The van der Waals surface area contributed by atoms with Gasteiger partial charge in [-0.05, 0) is 25.0 Å². The average Bonchev–Trinajstić information content (AvgIpc) is 2.55. The van der Waals surface area contributed by atoms with E-state index >= 15 is 0 Å². The Morgan fingerprint density at radius 3 is 2.60 bits per heavy atom. The van der Waals surface area contributed by atoms with Crippen LogP contribution in [-0.2, 0) is 4.79 Å². The van der Waals surface area contributed by atoms with Crippen molar-refractivity contribution in [3.8, 4) is 0 Å². The first-order valence-corrected chi connectivity index (χ1v) is 7.40. The number of para-hydroxylation sites is 1. The molecule has 1 aromatic rings. The number of carbonyl (C=O) groups is 2. The minimum atomic E-state index is -0.406. The number of carbonyl (C=O) groups excluding carboxylic acids is 2. The van der Waals surface area contributed by atoms with Crippen LogP contribution in [0.1, 0.15) is 49.9 Å². The van der Waals surface area contributed by atoms with Crippen molar-refractivity contribution in [1.82, 2.24) is 5.32 Å². The van der Waals surface area contributed by atoms with Crippen LogP contribution in [0.15, 0.2) is 24.3 Å². The van der Waals surface area contributed by atoms with Gasteiger partial charge in [-0.1, -0.05) is 38.8 Å². The van der Waals surface area contributed by atoms with E-state index < -0.39 is 6.04 Å². The number of amides is 2. The van der Waals surface area contributed by atoms with Gasteiger partial charge in [0.05, 0.1) is 11.3 Å². The SMILES string of the molecule is CCCCN1C(=O)C(CCC)NC(=O)c2ccccc21. The van der Waals surface area contributed by atoms with E-state index in [1.54, 1.807) is 11.0 Å². The molecular weight excluding hydrogens is 252 g/mol. The Labute approximate surface area is 120 Å². The summed E-state index contributed by atoms with van der Waals surface area (Å²) in [6, 6.07) is 6.94. The minimum absolute atomic E-state index is 0.0126. The molecule has 0 saturated carbocycles. The smallest absolute Gasteiger partial charge is 0.254 e. The Bertz CT molecular complexity index is 499. The van der Waals surface area contributed by atoms with Crippen LogP contribution in [-0.4, -0.2) is 24.4 Å². The Hall–Kier alpha value is -1.84. The van der Waals surface area contributed by atoms with Crippen LogP contribution < -0.4 is 10.2 Å². The monoisotopic (exact) mass is 274 g/mol. The summed E-state index contributed by atoms with van der Waals surface area (Å²) in [6.07, 6.45) is 3.51. The molecule has 4 nitrogen and oxygen atoms in total. The second kappa shape index (κ2) is 6.55. The molecule has 1 unspecified atom stereocenters. The Morgan fingerprint density at radius 1 is 1.15 bits per heavy atom. The molecule has 2 amide bonds. The number of hydrogen-bond acceptors (Lipinski definition) is 2. The quantitative estimate of drug-likeness (QED) is 0.897. The number of unbranched alkanes of at least 4 members (excludes halogenated alkanes) is 1. The number of rotatable bonds is 5. The van der Waals surface area contributed by atoms with Crippen molar-refractivity contribution < 1.29 is 9.59 Å². The highest BCUT2D eigenvalue weighted by atomic mass is 16.2. The highest BCUT2D eigenvalue weighted by Crippen LogP contribution is 2.25. The third kappa shape index (κ3) is 2.84. The summed E-state index contributed by atoms with van der Waals surface area (Å²) in [5, 5.41) is 2.86. The molecule has 0 aliphatic carbocycles. The summed E-state index contributed by atoms with van der Waals surface area (Å²) in [5.41, 5.74) is 1.33. The van der Waals surface area contributed by atoms with Crippen LogP contribution in [0.2, 0.25) is 0 Å². The van der Waals surface area contributed by atoms with Crippen molar-refractivity contribution in [2.24, 2.45) is 0 Å². The van der Waals surface area contributed by atoms with Crippen molar-refractivity contribution in [2.75, 3.05) is 11.4 Å². The second-order valence-corrected chi connectivity index (χ2v) is 5.18. The average molecular weight is 274 g/mol. The molecule has 1 aliphatic heterocycles. The highest BCUT2D eigenvalue weighted by molar-refractivity contribution is 6.10. The summed E-state index contributed by atoms with van der Waals surface area (Å²) in [5.74, 6) is -0.134. The van der Waals surface area contributed by atoms with Gasteiger partial charge in [0.2, 0.25) is 5.91 Å². The lowest BCUT2D eigenvalue weighted by atomic mass is 10.1. The van der Waals surface area contributed by atoms with Crippen molar-refractivity contribution in [3.63, 3.8) is 0 Å². The van der Waals surface area contributed by atoms with Gasteiger partial charge in [0, 0.05) is 6.54 Å². The van der Waals surface area contributed by atoms with E-state index in [1.807, 2.05) is 25.1 Å². The molecule has 2 rings (SSSR count). The molecule has 108 valence electrons. The van der Waals surface area contributed by atoms with Crippen molar-refractivity contribution >= 4 is 17.5 Å². The molecule has 20 heavy (non-hydrogen) atoms. The zero-order valence-electron chi connectivity index (χ0n) is 12.2. The van der Waals surface area contributed by atoms with Gasteiger partial charge >= 0.3 is 0 Å². The zero-order chi connectivity index (χ0) is 14.5. The van der Waals surface area contributed by atoms with Crippen molar-refractivity contribution in [1.29, 1.82) is 0 Å². The molecule has 1 aromatic carbocycles. The van der Waals surface area contributed by atoms with Gasteiger partial charge in [0.1, 0.15) is 6.04 Å². The van der Waals surface area contributed by atoms with Gasteiger partial charge in [-0.25, -0.2) is 0 Å². The molecule has 0 fully saturated rings. The van der Waals surface area contributed by atoms with E-state index in [4.69, 9.17) is 0 Å². The van der Waals surface area contributed by atoms with Crippen LogP contribution in [0, 0.1) is 0 Å². The van der Waals surface area contributed by atoms with E-state index in [9.17, 15) is 9.59 Å². The highest BCUT2D eigenvalue weighted by Gasteiger charge is 2.32. The molecule has 1 atom stereocenters. The van der Waals surface area contributed by atoms with Crippen LogP contribution in [0.3, 0.4) is 0 Å². The second-order valence-electron chi connectivity index (χ2n) is 5.18. The maximum atomic E-state index is 12.7. The maximum absolute atomic E-state index is 12.7. The predicted molar refractivity (Wildman–Crippen MR) is 79.9 cm³/mol. The lowest BCUT2D eigenvalue weighted by Crippen LogP contribution is -2.46. The van der Waals surface area contributed by atoms with E-state index in [0.29, 0.717) is 18.5 Å². The third-order valence-electron chi connectivity index (χ3n) is 3.62. The van der Waals surface area contributed by atoms with Crippen LogP contribution in [0.5, 0.6) is 0 Å². The fraction of sp³-hybridized carbons (Fsp3) is 0.500. The van der Waals surface area contributed by atoms with Crippen molar-refractivity contribution in [2.45, 2.75) is 45.6 Å². The van der Waals surface area contributed by atoms with Gasteiger partial charge < -0.3 is 10.2 Å². The number of nitrogens with zero attached hydrogens (tertiary/aromatic N) is 1. The Balaban J connectivity index is 2.39. The third-order valence-corrected chi connectivity index (χ3v) is 3.62. The van der Waals surface area contributed by atoms with Gasteiger partial charge in [-0.15, -0.1) is 0 Å². The maximum Gasteiger partial charge on any atom is 0.254 e. The topological polar surface area (TPSA) is 49.4 Å². The predicted octanol–water partition coefficient (Wildman–Crippen LogP) is 2.73.